The minimum atomic E-state index is -0.398. The second-order valence-corrected chi connectivity index (χ2v) is 5.73. The van der Waals surface area contributed by atoms with E-state index in [-0.39, 0.29) is 5.69 Å². The van der Waals surface area contributed by atoms with E-state index in [1.807, 2.05) is 0 Å². The molecule has 0 saturated carbocycles. The first-order valence-corrected chi connectivity index (χ1v) is 7.15. The normalized spacial score (nSPS) is 28.4. The molecule has 108 valence electrons. The third kappa shape index (κ3) is 2.72. The highest BCUT2D eigenvalue weighted by Gasteiger charge is 2.31. The molecule has 3 fully saturated rings. The molecule has 1 unspecified atom stereocenters. The molecule has 3 saturated heterocycles. The molecule has 6 nitrogen and oxygen atoms in total. The molecule has 1 aromatic rings. The number of rotatable bonds is 4. The largest absolute Gasteiger partial charge is 0.378 e. The van der Waals surface area contributed by atoms with Gasteiger partial charge in [-0.1, -0.05) is 11.6 Å². The van der Waals surface area contributed by atoms with Gasteiger partial charge < -0.3 is 5.32 Å². The fourth-order valence-corrected chi connectivity index (χ4v) is 3.12. The van der Waals surface area contributed by atoms with Gasteiger partial charge in [-0.15, -0.1) is 0 Å². The quantitative estimate of drug-likeness (QED) is 0.676. The molecule has 0 aromatic heterocycles. The molecular weight excluding hydrogens is 280 g/mol. The molecule has 0 amide bonds. The van der Waals surface area contributed by atoms with Crippen molar-refractivity contribution in [2.24, 2.45) is 0 Å². The van der Waals surface area contributed by atoms with Crippen molar-refractivity contribution in [2.45, 2.75) is 6.04 Å². The highest BCUT2D eigenvalue weighted by Crippen LogP contribution is 2.28. The Morgan fingerprint density at radius 2 is 2.10 bits per heavy atom. The molecule has 3 aliphatic heterocycles. The number of benzene rings is 1. The maximum Gasteiger partial charge on any atom is 0.293 e. The van der Waals surface area contributed by atoms with Crippen molar-refractivity contribution in [2.75, 3.05) is 44.6 Å². The van der Waals surface area contributed by atoms with E-state index in [0.29, 0.717) is 16.8 Å². The van der Waals surface area contributed by atoms with Gasteiger partial charge in [-0.3, -0.25) is 19.9 Å². The number of nitro benzene ring substituents is 1. The molecule has 3 heterocycles. The molecule has 0 radical (unpaired) electrons. The first kappa shape index (κ1) is 13.6. The molecule has 1 aromatic carbocycles. The number of hydrogen-bond acceptors (Lipinski definition) is 5. The summed E-state index contributed by atoms with van der Waals surface area (Å²) in [6.07, 6.45) is 0. The zero-order valence-corrected chi connectivity index (χ0v) is 11.8. The number of nitrogens with zero attached hydrogens (tertiary/aromatic N) is 3. The predicted octanol–water partition coefficient (Wildman–Crippen LogP) is 1.66. The molecule has 1 N–H and O–H groups in total. The third-order valence-electron chi connectivity index (χ3n) is 4.08. The fourth-order valence-electron chi connectivity index (χ4n) is 2.95. The lowest BCUT2D eigenvalue weighted by Crippen LogP contribution is -2.62. The number of hydrogen-bond donors (Lipinski definition) is 1. The zero-order chi connectivity index (χ0) is 14.1. The number of anilines is 1. The highest BCUT2D eigenvalue weighted by molar-refractivity contribution is 6.30. The van der Waals surface area contributed by atoms with E-state index >= 15 is 0 Å². The highest BCUT2D eigenvalue weighted by atomic mass is 35.5. The van der Waals surface area contributed by atoms with Gasteiger partial charge in [0.2, 0.25) is 0 Å². The van der Waals surface area contributed by atoms with Gasteiger partial charge in [0.1, 0.15) is 5.69 Å². The predicted molar refractivity (Wildman–Crippen MR) is 78.4 cm³/mol. The number of fused-ring (bicyclic) bond motifs is 3. The Balaban J connectivity index is 1.68. The van der Waals surface area contributed by atoms with Crippen LogP contribution in [0.25, 0.3) is 0 Å². The molecule has 4 rings (SSSR count). The van der Waals surface area contributed by atoms with Crippen molar-refractivity contribution >= 4 is 23.0 Å². The minimum Gasteiger partial charge on any atom is -0.378 e. The van der Waals surface area contributed by atoms with Crippen LogP contribution in [-0.2, 0) is 0 Å². The van der Waals surface area contributed by atoms with E-state index in [1.165, 1.54) is 6.07 Å². The molecule has 3 aliphatic rings. The number of piperazine rings is 3. The van der Waals surface area contributed by atoms with Gasteiger partial charge in [0, 0.05) is 56.4 Å². The van der Waals surface area contributed by atoms with Gasteiger partial charge in [0.05, 0.1) is 4.92 Å². The summed E-state index contributed by atoms with van der Waals surface area (Å²) in [6, 6.07) is 5.17. The van der Waals surface area contributed by atoms with Gasteiger partial charge in [0.25, 0.3) is 5.69 Å². The van der Waals surface area contributed by atoms with Gasteiger partial charge in [0.15, 0.2) is 0 Å². The van der Waals surface area contributed by atoms with Crippen LogP contribution in [0.5, 0.6) is 0 Å². The molecular formula is C13H17ClN4O2. The Kier molecular flexibility index (Phi) is 3.78. The summed E-state index contributed by atoms with van der Waals surface area (Å²) in [5.41, 5.74) is 0.575. The van der Waals surface area contributed by atoms with Crippen LogP contribution in [0.2, 0.25) is 5.02 Å². The SMILES string of the molecule is O=[N+]([O-])c1cc(Cl)ccc1NCC1CN2CCN1CC2. The standard InChI is InChI=1S/C13H17ClN4O2/c14-10-1-2-12(13(7-10)18(19)20)15-8-11-9-16-3-5-17(11)6-4-16/h1-2,7,11,15H,3-6,8-9H2. The second-order valence-electron chi connectivity index (χ2n) is 5.29. The van der Waals surface area contributed by atoms with Gasteiger partial charge >= 0.3 is 0 Å². The Morgan fingerprint density at radius 3 is 2.70 bits per heavy atom. The van der Waals surface area contributed by atoms with Crippen LogP contribution in [0, 0.1) is 10.1 Å². The van der Waals surface area contributed by atoms with Crippen LogP contribution in [0.15, 0.2) is 18.2 Å². The Hall–Kier alpha value is -1.37. The summed E-state index contributed by atoms with van der Waals surface area (Å²) >= 11 is 5.81. The summed E-state index contributed by atoms with van der Waals surface area (Å²) < 4.78 is 0. The Bertz CT molecular complexity index is 517. The van der Waals surface area contributed by atoms with Gasteiger partial charge in [-0.2, -0.15) is 0 Å². The first-order chi connectivity index (χ1) is 9.63. The van der Waals surface area contributed by atoms with E-state index in [1.54, 1.807) is 12.1 Å². The maximum absolute atomic E-state index is 11.0. The number of halogens is 1. The lowest BCUT2D eigenvalue weighted by atomic mass is 10.1. The van der Waals surface area contributed by atoms with Crippen molar-refractivity contribution in [1.29, 1.82) is 0 Å². The van der Waals surface area contributed by atoms with Crippen molar-refractivity contribution < 1.29 is 4.92 Å². The summed E-state index contributed by atoms with van der Waals surface area (Å²) in [7, 11) is 0. The Labute approximate surface area is 122 Å². The van der Waals surface area contributed by atoms with Crippen molar-refractivity contribution in [3.63, 3.8) is 0 Å². The number of nitro groups is 1. The number of nitrogens with one attached hydrogen (secondary N) is 1. The van der Waals surface area contributed by atoms with E-state index in [9.17, 15) is 10.1 Å². The topological polar surface area (TPSA) is 61.7 Å². The van der Waals surface area contributed by atoms with Crippen LogP contribution < -0.4 is 5.32 Å². The van der Waals surface area contributed by atoms with Gasteiger partial charge in [-0.25, -0.2) is 0 Å². The van der Waals surface area contributed by atoms with Crippen LogP contribution in [-0.4, -0.2) is 60.0 Å². The van der Waals surface area contributed by atoms with E-state index in [0.717, 1.165) is 39.3 Å². The average Bonchev–Trinajstić information content (AvgIpc) is 2.47. The second kappa shape index (κ2) is 5.55. The molecule has 0 spiro atoms. The molecule has 20 heavy (non-hydrogen) atoms. The molecule has 1 atom stereocenters. The summed E-state index contributed by atoms with van der Waals surface area (Å²) in [6.45, 7) is 6.21. The first-order valence-electron chi connectivity index (χ1n) is 6.78. The van der Waals surface area contributed by atoms with Crippen LogP contribution in [0.1, 0.15) is 0 Å². The average molecular weight is 297 g/mol. The molecule has 0 aliphatic carbocycles. The van der Waals surface area contributed by atoms with Gasteiger partial charge in [-0.05, 0) is 12.1 Å². The molecule has 7 heteroatoms. The summed E-state index contributed by atoms with van der Waals surface area (Å²) in [5.74, 6) is 0. The summed E-state index contributed by atoms with van der Waals surface area (Å²) in [4.78, 5) is 15.5. The monoisotopic (exact) mass is 296 g/mol. The smallest absolute Gasteiger partial charge is 0.293 e. The van der Waals surface area contributed by atoms with Crippen molar-refractivity contribution in [3.8, 4) is 0 Å². The lowest BCUT2D eigenvalue weighted by Gasteiger charge is -2.47. The fraction of sp³-hybridized carbons (Fsp3) is 0.538. The lowest BCUT2D eigenvalue weighted by molar-refractivity contribution is -0.383. The van der Waals surface area contributed by atoms with Crippen LogP contribution in [0.3, 0.4) is 0 Å². The maximum atomic E-state index is 11.0. The van der Waals surface area contributed by atoms with E-state index in [4.69, 9.17) is 11.6 Å². The summed E-state index contributed by atoms with van der Waals surface area (Å²) in [5, 5.41) is 14.6. The van der Waals surface area contributed by atoms with Crippen LogP contribution >= 0.6 is 11.6 Å². The third-order valence-corrected chi connectivity index (χ3v) is 4.31. The molecule has 2 bridgehead atoms. The van der Waals surface area contributed by atoms with Crippen molar-refractivity contribution in [1.82, 2.24) is 9.80 Å². The van der Waals surface area contributed by atoms with E-state index < -0.39 is 4.92 Å². The minimum absolute atomic E-state index is 0.0359. The van der Waals surface area contributed by atoms with Crippen LogP contribution in [0.4, 0.5) is 11.4 Å². The Morgan fingerprint density at radius 1 is 1.35 bits per heavy atom. The zero-order valence-electron chi connectivity index (χ0n) is 11.1. The van der Waals surface area contributed by atoms with Crippen molar-refractivity contribution in [3.05, 3.63) is 33.3 Å². The van der Waals surface area contributed by atoms with E-state index in [2.05, 4.69) is 15.1 Å².